The van der Waals surface area contributed by atoms with Crippen molar-refractivity contribution >= 4 is 0 Å². The summed E-state index contributed by atoms with van der Waals surface area (Å²) >= 11 is 0. The third-order valence-electron chi connectivity index (χ3n) is 4.08. The predicted octanol–water partition coefficient (Wildman–Crippen LogP) is 3.05. The number of hydrogen-bond acceptors (Lipinski definition) is 2. The van der Waals surface area contributed by atoms with Crippen LogP contribution in [0.4, 0.5) is 0 Å². The summed E-state index contributed by atoms with van der Waals surface area (Å²) in [6, 6.07) is 7.99. The first-order chi connectivity index (χ1) is 8.56. The molecule has 1 aromatic rings. The van der Waals surface area contributed by atoms with Gasteiger partial charge in [-0.25, -0.2) is 0 Å². The molecule has 100 valence electrons. The molecule has 2 unspecified atom stereocenters. The Morgan fingerprint density at radius 2 is 1.94 bits per heavy atom. The molecule has 0 radical (unpaired) electrons. The molecule has 1 fully saturated rings. The maximum absolute atomic E-state index is 3.68. The second-order valence-electron chi connectivity index (χ2n) is 5.83. The summed E-state index contributed by atoms with van der Waals surface area (Å²) < 4.78 is 0. The number of likely N-dealkylation sites (N-methyl/N-ethyl adjacent to an activating group) is 1. The fourth-order valence-electron chi connectivity index (χ4n) is 2.93. The van der Waals surface area contributed by atoms with Crippen LogP contribution < -0.4 is 5.32 Å². The van der Waals surface area contributed by atoms with Crippen molar-refractivity contribution in [3.05, 3.63) is 34.9 Å². The van der Waals surface area contributed by atoms with Gasteiger partial charge in [-0.1, -0.05) is 29.3 Å². The molecule has 0 aliphatic carbocycles. The fourth-order valence-corrected chi connectivity index (χ4v) is 2.93. The van der Waals surface area contributed by atoms with Crippen molar-refractivity contribution in [1.82, 2.24) is 10.2 Å². The number of aryl methyl sites for hydroxylation is 2. The lowest BCUT2D eigenvalue weighted by atomic mass is 10.0. The number of rotatable bonds is 4. The van der Waals surface area contributed by atoms with Gasteiger partial charge in [0.25, 0.3) is 0 Å². The van der Waals surface area contributed by atoms with Crippen molar-refractivity contribution in [2.24, 2.45) is 0 Å². The summed E-state index contributed by atoms with van der Waals surface area (Å²) in [5, 5.41) is 3.68. The van der Waals surface area contributed by atoms with E-state index in [1.807, 2.05) is 0 Å². The summed E-state index contributed by atoms with van der Waals surface area (Å²) in [6.45, 7) is 8.97. The van der Waals surface area contributed by atoms with Gasteiger partial charge in [0.2, 0.25) is 0 Å². The van der Waals surface area contributed by atoms with E-state index in [4.69, 9.17) is 0 Å². The summed E-state index contributed by atoms with van der Waals surface area (Å²) in [4.78, 5) is 2.47. The average molecular weight is 246 g/mol. The highest BCUT2D eigenvalue weighted by Crippen LogP contribution is 2.18. The third kappa shape index (κ3) is 3.33. The van der Waals surface area contributed by atoms with Gasteiger partial charge in [0.15, 0.2) is 0 Å². The summed E-state index contributed by atoms with van der Waals surface area (Å²) in [5.74, 6) is 0. The zero-order chi connectivity index (χ0) is 13.1. The van der Waals surface area contributed by atoms with Gasteiger partial charge in [-0.05, 0) is 52.8 Å². The van der Waals surface area contributed by atoms with Crippen LogP contribution in [0.1, 0.15) is 42.5 Å². The smallest absolute Gasteiger partial charge is 0.0292 e. The number of nitrogens with zero attached hydrogens (tertiary/aromatic N) is 1. The molecule has 1 aromatic carbocycles. The fraction of sp³-hybridized carbons (Fsp3) is 0.625. The van der Waals surface area contributed by atoms with Crippen LogP contribution in [-0.4, -0.2) is 31.1 Å². The Bertz CT molecular complexity index is 380. The van der Waals surface area contributed by atoms with E-state index in [0.29, 0.717) is 6.04 Å². The molecule has 1 aliphatic heterocycles. The molecule has 2 rings (SSSR count). The summed E-state index contributed by atoms with van der Waals surface area (Å²) in [6.07, 6.45) is 2.68. The molecule has 0 aromatic heterocycles. The third-order valence-corrected chi connectivity index (χ3v) is 4.08. The van der Waals surface area contributed by atoms with Crippen molar-refractivity contribution in [3.63, 3.8) is 0 Å². The van der Waals surface area contributed by atoms with E-state index in [2.05, 4.69) is 56.2 Å². The van der Waals surface area contributed by atoms with Crippen LogP contribution in [0.5, 0.6) is 0 Å². The van der Waals surface area contributed by atoms with Gasteiger partial charge < -0.3 is 10.2 Å². The Kier molecular flexibility index (Phi) is 4.41. The van der Waals surface area contributed by atoms with Crippen LogP contribution in [0.2, 0.25) is 0 Å². The molecular weight excluding hydrogens is 220 g/mol. The zero-order valence-corrected chi connectivity index (χ0v) is 12.2. The zero-order valence-electron chi connectivity index (χ0n) is 12.2. The normalized spacial score (nSPS) is 22.3. The highest BCUT2D eigenvalue weighted by atomic mass is 15.2. The lowest BCUT2D eigenvalue weighted by Crippen LogP contribution is -2.36. The largest absolute Gasteiger partial charge is 0.309 e. The first-order valence-electron chi connectivity index (χ1n) is 7.08. The van der Waals surface area contributed by atoms with Crippen LogP contribution >= 0.6 is 0 Å². The summed E-state index contributed by atoms with van der Waals surface area (Å²) in [5.41, 5.74) is 4.13. The van der Waals surface area contributed by atoms with Crippen molar-refractivity contribution in [1.29, 1.82) is 0 Å². The van der Waals surface area contributed by atoms with Crippen LogP contribution in [0.3, 0.4) is 0 Å². The van der Waals surface area contributed by atoms with E-state index in [-0.39, 0.29) is 0 Å². The quantitative estimate of drug-likeness (QED) is 0.878. The molecule has 1 heterocycles. The van der Waals surface area contributed by atoms with Gasteiger partial charge in [-0.3, -0.25) is 0 Å². The monoisotopic (exact) mass is 246 g/mol. The van der Waals surface area contributed by atoms with E-state index < -0.39 is 0 Å². The van der Waals surface area contributed by atoms with Gasteiger partial charge in [0.1, 0.15) is 0 Å². The highest BCUT2D eigenvalue weighted by Gasteiger charge is 2.21. The predicted molar refractivity (Wildman–Crippen MR) is 78.0 cm³/mol. The number of nitrogens with one attached hydrogen (secondary N) is 1. The standard InChI is InChI=1S/C16H26N2/c1-12-8-13(2)10-15(9-12)14(3)17-11-16-6-5-7-18(16)4/h8-10,14,16-17H,5-7,11H2,1-4H3. The molecule has 2 nitrogen and oxygen atoms in total. The molecule has 2 atom stereocenters. The van der Waals surface area contributed by atoms with E-state index >= 15 is 0 Å². The van der Waals surface area contributed by atoms with Crippen LogP contribution in [0.15, 0.2) is 18.2 Å². The van der Waals surface area contributed by atoms with Crippen molar-refractivity contribution in [3.8, 4) is 0 Å². The second-order valence-corrected chi connectivity index (χ2v) is 5.83. The first kappa shape index (κ1) is 13.6. The lowest BCUT2D eigenvalue weighted by Gasteiger charge is -2.23. The topological polar surface area (TPSA) is 15.3 Å². The van der Waals surface area contributed by atoms with Crippen LogP contribution in [-0.2, 0) is 0 Å². The Hall–Kier alpha value is -0.860. The molecule has 1 N–H and O–H groups in total. The van der Waals surface area contributed by atoms with E-state index in [0.717, 1.165) is 12.6 Å². The van der Waals surface area contributed by atoms with Gasteiger partial charge in [0.05, 0.1) is 0 Å². The Morgan fingerprint density at radius 3 is 2.50 bits per heavy atom. The maximum atomic E-state index is 3.68. The van der Waals surface area contributed by atoms with Crippen LogP contribution in [0, 0.1) is 13.8 Å². The lowest BCUT2D eigenvalue weighted by molar-refractivity contribution is 0.293. The van der Waals surface area contributed by atoms with E-state index in [1.165, 1.54) is 36.1 Å². The number of hydrogen-bond donors (Lipinski definition) is 1. The summed E-state index contributed by atoms with van der Waals surface area (Å²) in [7, 11) is 2.24. The van der Waals surface area contributed by atoms with Gasteiger partial charge >= 0.3 is 0 Å². The van der Waals surface area contributed by atoms with E-state index in [1.54, 1.807) is 0 Å². The second kappa shape index (κ2) is 5.85. The Labute approximate surface area is 111 Å². The van der Waals surface area contributed by atoms with Gasteiger partial charge in [-0.2, -0.15) is 0 Å². The SMILES string of the molecule is Cc1cc(C)cc(C(C)NCC2CCCN2C)c1. The van der Waals surface area contributed by atoms with E-state index in [9.17, 15) is 0 Å². The minimum absolute atomic E-state index is 0.442. The van der Waals surface area contributed by atoms with Crippen LogP contribution in [0.25, 0.3) is 0 Å². The Balaban J connectivity index is 1.92. The molecule has 1 aliphatic rings. The first-order valence-corrected chi connectivity index (χ1v) is 7.08. The molecule has 0 saturated carbocycles. The minimum atomic E-state index is 0.442. The van der Waals surface area contributed by atoms with Crippen molar-refractivity contribution in [2.45, 2.75) is 45.7 Å². The molecule has 18 heavy (non-hydrogen) atoms. The van der Waals surface area contributed by atoms with Crippen molar-refractivity contribution < 1.29 is 0 Å². The molecular formula is C16H26N2. The molecule has 1 saturated heterocycles. The van der Waals surface area contributed by atoms with Crippen molar-refractivity contribution in [2.75, 3.05) is 20.1 Å². The van der Waals surface area contributed by atoms with Gasteiger partial charge in [0, 0.05) is 18.6 Å². The molecule has 2 heteroatoms. The molecule has 0 spiro atoms. The number of likely N-dealkylation sites (tertiary alicyclic amines) is 1. The van der Waals surface area contributed by atoms with Gasteiger partial charge in [-0.15, -0.1) is 0 Å². The molecule has 0 bridgehead atoms. The highest BCUT2D eigenvalue weighted by molar-refractivity contribution is 5.30. The Morgan fingerprint density at radius 1 is 1.28 bits per heavy atom. The minimum Gasteiger partial charge on any atom is -0.309 e. The maximum Gasteiger partial charge on any atom is 0.0292 e. The average Bonchev–Trinajstić information content (AvgIpc) is 2.70. The number of benzene rings is 1. The molecule has 0 amide bonds.